The number of hydrogen-bond donors (Lipinski definition) is 2. The normalized spacial score (nSPS) is 10.6. The van der Waals surface area contributed by atoms with Gasteiger partial charge >= 0.3 is 5.97 Å². The third-order valence-corrected chi connectivity index (χ3v) is 5.49. The summed E-state index contributed by atoms with van der Waals surface area (Å²) in [6.45, 7) is 6.77. The largest absolute Gasteiger partial charge is 0.482 e. The van der Waals surface area contributed by atoms with E-state index in [1.807, 2.05) is 13.8 Å². The molecule has 0 aliphatic rings. The fourth-order valence-corrected chi connectivity index (χ4v) is 4.07. The van der Waals surface area contributed by atoms with E-state index in [0.29, 0.717) is 21.2 Å². The minimum atomic E-state index is -0.619. The molecule has 0 bridgehead atoms. The Hall–Kier alpha value is -2.29. The molecule has 0 radical (unpaired) electrons. The van der Waals surface area contributed by atoms with E-state index in [9.17, 15) is 14.4 Å². The Kier molecular flexibility index (Phi) is 8.52. The predicted molar refractivity (Wildman–Crippen MR) is 118 cm³/mol. The number of hydrogen-bond acceptors (Lipinski definition) is 6. The molecule has 2 rings (SSSR count). The molecule has 0 aliphatic carbocycles. The van der Waals surface area contributed by atoms with Crippen molar-refractivity contribution in [1.82, 2.24) is 5.32 Å². The fraction of sp³-hybridized carbons (Fsp3) is 0.350. The molecule has 0 saturated carbocycles. The Morgan fingerprint density at radius 2 is 1.90 bits per heavy atom. The number of carbonyl (C=O) groups is 3. The molecule has 2 N–H and O–H groups in total. The van der Waals surface area contributed by atoms with Gasteiger partial charge in [0.25, 0.3) is 11.8 Å². The highest BCUT2D eigenvalue weighted by atomic mass is 35.5. The van der Waals surface area contributed by atoms with Crippen LogP contribution in [0.1, 0.15) is 46.4 Å². The first kappa shape index (κ1) is 24.0. The highest BCUT2D eigenvalue weighted by molar-refractivity contribution is 7.18. The number of halogens is 2. The van der Waals surface area contributed by atoms with Gasteiger partial charge in [-0.2, -0.15) is 0 Å². The molecular weight excluding hydrogens is 451 g/mol. The van der Waals surface area contributed by atoms with Gasteiger partial charge in [0.2, 0.25) is 0 Å². The van der Waals surface area contributed by atoms with E-state index in [-0.39, 0.29) is 40.7 Å². The zero-order valence-electron chi connectivity index (χ0n) is 16.9. The Bertz CT molecular complexity index is 959. The minimum absolute atomic E-state index is 0.0828. The van der Waals surface area contributed by atoms with Gasteiger partial charge in [0.15, 0.2) is 6.61 Å². The highest BCUT2D eigenvalue weighted by Crippen LogP contribution is 2.34. The second-order valence-electron chi connectivity index (χ2n) is 6.52. The van der Waals surface area contributed by atoms with E-state index in [1.54, 1.807) is 26.0 Å². The first-order chi connectivity index (χ1) is 14.1. The maximum absolute atomic E-state index is 12.5. The van der Waals surface area contributed by atoms with Crippen LogP contribution in [0.15, 0.2) is 18.2 Å². The van der Waals surface area contributed by atoms with Gasteiger partial charge in [0.05, 0.1) is 22.1 Å². The average molecular weight is 473 g/mol. The van der Waals surface area contributed by atoms with Gasteiger partial charge < -0.3 is 20.1 Å². The van der Waals surface area contributed by atoms with Gasteiger partial charge in [-0.25, -0.2) is 4.79 Å². The molecule has 7 nitrogen and oxygen atoms in total. The van der Waals surface area contributed by atoms with E-state index in [2.05, 4.69) is 10.6 Å². The Balaban J connectivity index is 2.22. The number of rotatable bonds is 8. The number of amides is 2. The molecule has 162 valence electrons. The molecule has 1 heterocycles. The summed E-state index contributed by atoms with van der Waals surface area (Å²) in [6, 6.07) is 4.55. The number of anilines is 1. The van der Waals surface area contributed by atoms with Crippen LogP contribution in [0.25, 0.3) is 0 Å². The van der Waals surface area contributed by atoms with Gasteiger partial charge in [-0.15, -0.1) is 11.3 Å². The van der Waals surface area contributed by atoms with Crippen LogP contribution in [0, 0.1) is 6.92 Å². The molecule has 0 aliphatic heterocycles. The SMILES string of the molecule is CCOC(=O)c1c(NC(=O)COc2ccc(Cl)cc2Cl)sc(C(=O)NC(C)C)c1C. The average Bonchev–Trinajstić information content (AvgIpc) is 2.96. The van der Waals surface area contributed by atoms with Crippen molar-refractivity contribution in [2.75, 3.05) is 18.5 Å². The lowest BCUT2D eigenvalue weighted by atomic mass is 10.1. The van der Waals surface area contributed by atoms with Crippen molar-refractivity contribution in [3.8, 4) is 5.75 Å². The molecule has 1 aromatic carbocycles. The standard InChI is InChI=1S/C20H22Cl2N2O5S/c1-5-28-20(27)16-11(4)17(18(26)23-10(2)3)30-19(16)24-15(25)9-29-14-7-6-12(21)8-13(14)22/h6-8,10H,5,9H2,1-4H3,(H,23,26)(H,24,25). The highest BCUT2D eigenvalue weighted by Gasteiger charge is 2.27. The van der Waals surface area contributed by atoms with Crippen LogP contribution < -0.4 is 15.4 Å². The Morgan fingerprint density at radius 3 is 2.50 bits per heavy atom. The van der Waals surface area contributed by atoms with Crippen LogP contribution >= 0.6 is 34.5 Å². The van der Waals surface area contributed by atoms with Crippen LogP contribution in [-0.4, -0.2) is 37.0 Å². The van der Waals surface area contributed by atoms with Crippen molar-refractivity contribution in [2.24, 2.45) is 0 Å². The third kappa shape index (κ3) is 6.10. The van der Waals surface area contributed by atoms with Gasteiger partial charge in [0, 0.05) is 11.1 Å². The molecule has 2 amide bonds. The number of ether oxygens (including phenoxy) is 2. The molecule has 1 aromatic heterocycles. The number of esters is 1. The minimum Gasteiger partial charge on any atom is -0.482 e. The fourth-order valence-electron chi connectivity index (χ4n) is 2.49. The van der Waals surface area contributed by atoms with Crippen molar-refractivity contribution >= 4 is 57.3 Å². The van der Waals surface area contributed by atoms with Crippen molar-refractivity contribution < 1.29 is 23.9 Å². The number of carbonyl (C=O) groups excluding carboxylic acids is 3. The zero-order chi connectivity index (χ0) is 22.4. The molecular formula is C20H22Cl2N2O5S. The van der Waals surface area contributed by atoms with Crippen LogP contribution in [0.5, 0.6) is 5.75 Å². The van der Waals surface area contributed by atoms with Crippen LogP contribution in [-0.2, 0) is 9.53 Å². The van der Waals surface area contributed by atoms with Gasteiger partial charge in [-0.3, -0.25) is 9.59 Å². The summed E-state index contributed by atoms with van der Waals surface area (Å²) in [6.07, 6.45) is 0. The summed E-state index contributed by atoms with van der Waals surface area (Å²) in [7, 11) is 0. The summed E-state index contributed by atoms with van der Waals surface area (Å²) in [4.78, 5) is 37.6. The lowest BCUT2D eigenvalue weighted by Crippen LogP contribution is -2.29. The summed E-state index contributed by atoms with van der Waals surface area (Å²) >= 11 is 12.9. The maximum atomic E-state index is 12.5. The number of benzene rings is 1. The van der Waals surface area contributed by atoms with Crippen LogP contribution in [0.2, 0.25) is 10.0 Å². The molecule has 10 heteroatoms. The smallest absolute Gasteiger partial charge is 0.341 e. The number of nitrogens with one attached hydrogen (secondary N) is 2. The summed E-state index contributed by atoms with van der Waals surface area (Å²) in [5.41, 5.74) is 0.585. The van der Waals surface area contributed by atoms with E-state index >= 15 is 0 Å². The zero-order valence-corrected chi connectivity index (χ0v) is 19.3. The number of thiophene rings is 1. The second-order valence-corrected chi connectivity index (χ2v) is 8.38. The Morgan fingerprint density at radius 1 is 1.20 bits per heavy atom. The first-order valence-corrected chi connectivity index (χ1v) is 10.7. The molecule has 0 saturated heterocycles. The molecule has 30 heavy (non-hydrogen) atoms. The molecule has 0 fully saturated rings. The monoisotopic (exact) mass is 472 g/mol. The Labute approximate surface area is 188 Å². The lowest BCUT2D eigenvalue weighted by Gasteiger charge is -2.09. The molecule has 0 unspecified atom stereocenters. The van der Waals surface area contributed by atoms with Crippen molar-refractivity contribution in [3.05, 3.63) is 44.2 Å². The third-order valence-electron chi connectivity index (χ3n) is 3.76. The van der Waals surface area contributed by atoms with Crippen LogP contribution in [0.3, 0.4) is 0 Å². The summed E-state index contributed by atoms with van der Waals surface area (Å²) in [5.74, 6) is -1.18. The van der Waals surface area contributed by atoms with E-state index < -0.39 is 11.9 Å². The molecule has 2 aromatic rings. The quantitative estimate of drug-likeness (QED) is 0.543. The van der Waals surface area contributed by atoms with Gasteiger partial charge in [0.1, 0.15) is 10.8 Å². The first-order valence-electron chi connectivity index (χ1n) is 9.13. The van der Waals surface area contributed by atoms with Crippen molar-refractivity contribution in [3.63, 3.8) is 0 Å². The van der Waals surface area contributed by atoms with Gasteiger partial charge in [-0.05, 0) is 51.5 Å². The van der Waals surface area contributed by atoms with E-state index in [4.69, 9.17) is 32.7 Å². The van der Waals surface area contributed by atoms with E-state index in [0.717, 1.165) is 11.3 Å². The molecule has 0 atom stereocenters. The van der Waals surface area contributed by atoms with Gasteiger partial charge in [-0.1, -0.05) is 23.2 Å². The summed E-state index contributed by atoms with van der Waals surface area (Å²) < 4.78 is 10.5. The molecule has 0 spiro atoms. The summed E-state index contributed by atoms with van der Waals surface area (Å²) in [5, 5.41) is 6.33. The van der Waals surface area contributed by atoms with Crippen LogP contribution in [0.4, 0.5) is 5.00 Å². The maximum Gasteiger partial charge on any atom is 0.341 e. The van der Waals surface area contributed by atoms with E-state index in [1.165, 1.54) is 6.07 Å². The predicted octanol–water partition coefficient (Wildman–Crippen LogP) is 4.70. The van der Waals surface area contributed by atoms with Crippen molar-refractivity contribution in [1.29, 1.82) is 0 Å². The van der Waals surface area contributed by atoms with Crippen molar-refractivity contribution in [2.45, 2.75) is 33.7 Å². The lowest BCUT2D eigenvalue weighted by molar-refractivity contribution is -0.118. The topological polar surface area (TPSA) is 93.7 Å². The second kappa shape index (κ2) is 10.7.